The van der Waals surface area contributed by atoms with Crippen LogP contribution < -0.4 is 16.0 Å². The Labute approximate surface area is 293 Å². The van der Waals surface area contributed by atoms with E-state index in [4.69, 9.17) is 4.74 Å². The van der Waals surface area contributed by atoms with Gasteiger partial charge in [-0.15, -0.1) is 23.1 Å². The van der Waals surface area contributed by atoms with E-state index in [1.807, 2.05) is 13.0 Å². The molecular weight excluding hydrogens is 662 g/mol. The van der Waals surface area contributed by atoms with Gasteiger partial charge in [0, 0.05) is 26.6 Å². The Bertz CT molecular complexity index is 1870. The maximum absolute atomic E-state index is 14.5. The number of carbonyl (C=O) groups is 4. The van der Waals surface area contributed by atoms with Gasteiger partial charge in [-0.3, -0.25) is 14.4 Å². The second-order valence-corrected chi connectivity index (χ2v) is 14.0. The summed E-state index contributed by atoms with van der Waals surface area (Å²) in [5, 5.41) is 8.46. The van der Waals surface area contributed by atoms with Crippen molar-refractivity contribution >= 4 is 63.6 Å². The van der Waals surface area contributed by atoms with Crippen LogP contribution in [-0.2, 0) is 27.2 Å². The number of benzene rings is 3. The van der Waals surface area contributed by atoms with Crippen molar-refractivity contribution in [2.45, 2.75) is 56.6 Å². The second-order valence-electron chi connectivity index (χ2n) is 11.7. The molecule has 254 valence electrons. The molecule has 3 N–H and O–H groups in total. The van der Waals surface area contributed by atoms with E-state index in [9.17, 15) is 23.6 Å². The van der Waals surface area contributed by atoms with Crippen molar-refractivity contribution in [1.29, 1.82) is 0 Å². The lowest BCUT2D eigenvalue weighted by Gasteiger charge is -2.18. The Morgan fingerprint density at radius 3 is 2.49 bits per heavy atom. The Hall–Kier alpha value is -4.74. The minimum Gasteiger partial charge on any atom is -0.462 e. The van der Waals surface area contributed by atoms with Gasteiger partial charge in [0.2, 0.25) is 5.91 Å². The van der Waals surface area contributed by atoms with Gasteiger partial charge in [0.15, 0.2) is 0 Å². The number of ether oxygens (including phenoxy) is 1. The van der Waals surface area contributed by atoms with Gasteiger partial charge in [0.1, 0.15) is 16.5 Å². The minimum atomic E-state index is -0.651. The summed E-state index contributed by atoms with van der Waals surface area (Å²) in [4.78, 5) is 54.9. The van der Waals surface area contributed by atoms with E-state index >= 15 is 0 Å². The molecule has 0 spiro atoms. The monoisotopic (exact) mass is 699 g/mol. The Balaban J connectivity index is 1.32. The first-order valence-corrected chi connectivity index (χ1v) is 17.9. The molecule has 4 aromatic rings. The van der Waals surface area contributed by atoms with Gasteiger partial charge in [-0.2, -0.15) is 0 Å². The van der Waals surface area contributed by atoms with E-state index in [0.717, 1.165) is 34.6 Å². The summed E-state index contributed by atoms with van der Waals surface area (Å²) in [6.07, 6.45) is 4.40. The average Bonchev–Trinajstić information content (AvgIpc) is 3.45. The summed E-state index contributed by atoms with van der Waals surface area (Å²) >= 11 is 2.78. The van der Waals surface area contributed by atoms with Crippen molar-refractivity contribution in [3.8, 4) is 0 Å². The lowest BCUT2D eigenvalue weighted by atomic mass is 9.88. The second kappa shape index (κ2) is 16.6. The molecule has 5 rings (SSSR count). The SMILES string of the molecule is CCOC(=O)c1c(NC(=O)C(CC)Sc2cccc(NC(=O)/C(=C/c3ccccc3F)NC(=O)c3ccccc3)c2)sc2c1CCC(C)C2. The highest BCUT2D eigenvalue weighted by atomic mass is 32.2. The third-order valence-electron chi connectivity index (χ3n) is 8.00. The van der Waals surface area contributed by atoms with Gasteiger partial charge >= 0.3 is 5.97 Å². The van der Waals surface area contributed by atoms with Crippen LogP contribution in [0.3, 0.4) is 0 Å². The van der Waals surface area contributed by atoms with Gasteiger partial charge in [0.05, 0.1) is 17.4 Å². The zero-order valence-corrected chi connectivity index (χ0v) is 29.1. The van der Waals surface area contributed by atoms with Gasteiger partial charge in [-0.05, 0) is 86.6 Å². The van der Waals surface area contributed by atoms with E-state index in [1.165, 1.54) is 47.4 Å². The van der Waals surface area contributed by atoms with Crippen molar-refractivity contribution in [2.75, 3.05) is 17.2 Å². The number of thiophene rings is 1. The molecule has 49 heavy (non-hydrogen) atoms. The topological polar surface area (TPSA) is 114 Å². The third kappa shape index (κ3) is 9.04. The number of carbonyl (C=O) groups excluding carboxylic acids is 4. The number of fused-ring (bicyclic) bond motifs is 1. The number of nitrogens with one attached hydrogen (secondary N) is 3. The van der Waals surface area contributed by atoms with Gasteiger partial charge in [-0.25, -0.2) is 9.18 Å². The van der Waals surface area contributed by atoms with Crippen molar-refractivity contribution in [3.05, 3.63) is 118 Å². The van der Waals surface area contributed by atoms with Crippen LogP contribution in [0.1, 0.15) is 70.3 Å². The highest BCUT2D eigenvalue weighted by molar-refractivity contribution is 8.00. The van der Waals surface area contributed by atoms with Crippen LogP contribution in [0.5, 0.6) is 0 Å². The molecule has 1 aliphatic carbocycles. The summed E-state index contributed by atoms with van der Waals surface area (Å²) in [6.45, 7) is 6.10. The van der Waals surface area contributed by atoms with Gasteiger partial charge in [0.25, 0.3) is 11.8 Å². The summed E-state index contributed by atoms with van der Waals surface area (Å²) in [5.74, 6) is -1.87. The number of esters is 1. The lowest BCUT2D eigenvalue weighted by Crippen LogP contribution is -2.30. The van der Waals surface area contributed by atoms with E-state index in [-0.39, 0.29) is 23.8 Å². The molecule has 11 heteroatoms. The van der Waals surface area contributed by atoms with E-state index in [0.29, 0.717) is 34.2 Å². The van der Waals surface area contributed by atoms with Gasteiger partial charge < -0.3 is 20.7 Å². The molecule has 2 atom stereocenters. The zero-order valence-electron chi connectivity index (χ0n) is 27.5. The summed E-state index contributed by atoms with van der Waals surface area (Å²) in [6, 6.07) is 21.3. The van der Waals surface area contributed by atoms with Crippen LogP contribution >= 0.6 is 23.1 Å². The molecule has 8 nitrogen and oxygen atoms in total. The molecule has 0 bridgehead atoms. The Kier molecular flexibility index (Phi) is 12.0. The fraction of sp³-hybridized carbons (Fsp3) is 0.263. The molecule has 0 fully saturated rings. The third-order valence-corrected chi connectivity index (χ3v) is 10.5. The van der Waals surface area contributed by atoms with Crippen LogP contribution in [0, 0.1) is 11.7 Å². The Morgan fingerprint density at radius 2 is 1.76 bits per heavy atom. The molecule has 1 aliphatic rings. The molecule has 0 radical (unpaired) electrons. The Morgan fingerprint density at radius 1 is 1.00 bits per heavy atom. The van der Waals surface area contributed by atoms with Crippen LogP contribution in [0.4, 0.5) is 15.1 Å². The number of thioether (sulfide) groups is 1. The molecule has 0 aliphatic heterocycles. The van der Waals surface area contributed by atoms with Crippen molar-refractivity contribution < 1.29 is 28.3 Å². The van der Waals surface area contributed by atoms with E-state index < -0.39 is 28.9 Å². The van der Waals surface area contributed by atoms with Crippen molar-refractivity contribution in [3.63, 3.8) is 0 Å². The fourth-order valence-corrected chi connectivity index (χ4v) is 7.89. The first-order valence-electron chi connectivity index (χ1n) is 16.2. The fourth-order valence-electron chi connectivity index (χ4n) is 5.47. The maximum Gasteiger partial charge on any atom is 0.341 e. The standard InChI is InChI=1S/C38H38FN3O5S2/c1-4-31(36(45)42-37-33(38(46)47-5-2)28-19-18-23(3)20-32(28)49-37)48-27-16-11-15-26(22-27)40-35(44)30(21-25-14-9-10-17-29(25)39)41-34(43)24-12-7-6-8-13-24/h6-17,21-23,31H,4-5,18-20H2,1-3H3,(H,40,44)(H,41,43)(H,42,45)/b30-21-. The number of anilines is 2. The zero-order chi connectivity index (χ0) is 34.9. The van der Waals surface area contributed by atoms with E-state index in [2.05, 4.69) is 22.9 Å². The van der Waals surface area contributed by atoms with Crippen LogP contribution in [0.25, 0.3) is 6.08 Å². The molecule has 1 aromatic heterocycles. The highest BCUT2D eigenvalue weighted by Gasteiger charge is 2.30. The van der Waals surface area contributed by atoms with Crippen LogP contribution in [0.2, 0.25) is 0 Å². The number of hydrogen-bond donors (Lipinski definition) is 3. The highest BCUT2D eigenvalue weighted by Crippen LogP contribution is 2.40. The number of rotatable bonds is 12. The molecule has 0 saturated heterocycles. The molecule has 1 heterocycles. The first kappa shape index (κ1) is 35.6. The molecular formula is C38H38FN3O5S2. The van der Waals surface area contributed by atoms with Crippen molar-refractivity contribution in [2.24, 2.45) is 5.92 Å². The predicted molar refractivity (Wildman–Crippen MR) is 193 cm³/mol. The summed E-state index contributed by atoms with van der Waals surface area (Å²) < 4.78 is 19.9. The number of halogens is 1. The normalized spacial score (nSPS) is 14.7. The van der Waals surface area contributed by atoms with E-state index in [1.54, 1.807) is 61.5 Å². The minimum absolute atomic E-state index is 0.134. The van der Waals surface area contributed by atoms with Crippen molar-refractivity contribution in [1.82, 2.24) is 5.32 Å². The lowest BCUT2D eigenvalue weighted by molar-refractivity contribution is -0.116. The van der Waals surface area contributed by atoms with Crippen LogP contribution in [0.15, 0.2) is 89.5 Å². The number of amides is 3. The largest absolute Gasteiger partial charge is 0.462 e. The average molecular weight is 700 g/mol. The maximum atomic E-state index is 14.5. The first-order chi connectivity index (χ1) is 23.7. The molecule has 3 aromatic carbocycles. The predicted octanol–water partition coefficient (Wildman–Crippen LogP) is 8.11. The smallest absolute Gasteiger partial charge is 0.341 e. The molecule has 2 unspecified atom stereocenters. The quantitative estimate of drug-likeness (QED) is 0.0783. The van der Waals surface area contributed by atoms with Gasteiger partial charge in [-0.1, -0.05) is 56.3 Å². The molecule has 3 amide bonds. The van der Waals surface area contributed by atoms with Crippen LogP contribution in [-0.4, -0.2) is 35.5 Å². The number of hydrogen-bond acceptors (Lipinski definition) is 7. The summed E-state index contributed by atoms with van der Waals surface area (Å²) in [7, 11) is 0. The molecule has 0 saturated carbocycles. The summed E-state index contributed by atoms with van der Waals surface area (Å²) in [5.41, 5.74) is 2.18.